The maximum absolute atomic E-state index is 6.11. The van der Waals surface area contributed by atoms with Gasteiger partial charge in [0.15, 0.2) is 5.11 Å². The molecule has 2 N–H and O–H groups in total. The van der Waals surface area contributed by atoms with E-state index in [0.29, 0.717) is 22.5 Å². The molecule has 22 heavy (non-hydrogen) atoms. The van der Waals surface area contributed by atoms with Gasteiger partial charge in [0.05, 0.1) is 17.8 Å². The van der Waals surface area contributed by atoms with Crippen molar-refractivity contribution in [2.24, 2.45) is 5.10 Å². The monoisotopic (exact) mass is 333 g/mol. The molecule has 0 atom stereocenters. The highest BCUT2D eigenvalue weighted by molar-refractivity contribution is 7.80. The lowest BCUT2D eigenvalue weighted by molar-refractivity contribution is 0.340. The van der Waals surface area contributed by atoms with Gasteiger partial charge in [-0.05, 0) is 55.0 Å². The van der Waals surface area contributed by atoms with E-state index < -0.39 is 0 Å². The van der Waals surface area contributed by atoms with Crippen molar-refractivity contribution in [3.63, 3.8) is 0 Å². The molecule has 4 nitrogen and oxygen atoms in total. The van der Waals surface area contributed by atoms with Crippen molar-refractivity contribution >= 4 is 40.8 Å². The topological polar surface area (TPSA) is 45.6 Å². The minimum absolute atomic E-state index is 0.416. The summed E-state index contributed by atoms with van der Waals surface area (Å²) in [4.78, 5) is 0. The predicted molar refractivity (Wildman–Crippen MR) is 96.0 cm³/mol. The molecule has 2 aromatic rings. The molecule has 0 bridgehead atoms. The number of anilines is 1. The number of halogens is 1. The van der Waals surface area contributed by atoms with E-state index in [9.17, 15) is 0 Å². The van der Waals surface area contributed by atoms with E-state index in [0.717, 1.165) is 11.3 Å². The molecular weight excluding hydrogens is 318 g/mol. The average molecular weight is 334 g/mol. The summed E-state index contributed by atoms with van der Waals surface area (Å²) < 4.78 is 5.38. The van der Waals surface area contributed by atoms with Crippen molar-refractivity contribution in [2.75, 3.05) is 11.9 Å². The van der Waals surface area contributed by atoms with Gasteiger partial charge in [-0.2, -0.15) is 5.10 Å². The van der Waals surface area contributed by atoms with Crippen LogP contribution in [0.3, 0.4) is 0 Å². The number of hydrogen-bond acceptors (Lipinski definition) is 3. The Morgan fingerprint density at radius 1 is 1.27 bits per heavy atom. The summed E-state index contributed by atoms with van der Waals surface area (Å²) in [5, 5.41) is 8.07. The zero-order valence-electron chi connectivity index (χ0n) is 12.0. The quantitative estimate of drug-likeness (QED) is 0.492. The lowest BCUT2D eigenvalue weighted by atomic mass is 10.2. The molecule has 0 amide bonds. The molecule has 0 saturated carbocycles. The molecule has 0 aliphatic carbocycles. The number of nitrogens with one attached hydrogen (secondary N) is 2. The largest absolute Gasteiger partial charge is 0.492 e. The van der Waals surface area contributed by atoms with Crippen LogP contribution >= 0.6 is 23.8 Å². The molecule has 0 spiro atoms. The van der Waals surface area contributed by atoms with Crippen LogP contribution in [0.5, 0.6) is 5.75 Å². The Morgan fingerprint density at radius 2 is 2.05 bits per heavy atom. The first-order valence-electron chi connectivity index (χ1n) is 6.76. The smallest absolute Gasteiger partial charge is 0.191 e. The van der Waals surface area contributed by atoms with Gasteiger partial charge >= 0.3 is 0 Å². The summed E-state index contributed by atoms with van der Waals surface area (Å²) in [6.07, 6.45) is 1.64. The molecule has 2 aromatic carbocycles. The van der Waals surface area contributed by atoms with E-state index >= 15 is 0 Å². The molecule has 0 unspecified atom stereocenters. The minimum atomic E-state index is 0.416. The molecule has 0 saturated heterocycles. The van der Waals surface area contributed by atoms with Gasteiger partial charge in [0.1, 0.15) is 5.75 Å². The van der Waals surface area contributed by atoms with Gasteiger partial charge in [0, 0.05) is 5.69 Å². The number of benzene rings is 2. The molecular formula is C16H16ClN3OS. The fourth-order valence-electron chi connectivity index (χ4n) is 1.72. The molecule has 0 aliphatic rings. The molecule has 0 radical (unpaired) electrons. The number of hydrogen-bond donors (Lipinski definition) is 2. The second-order valence-electron chi connectivity index (χ2n) is 4.31. The second-order valence-corrected chi connectivity index (χ2v) is 5.13. The summed E-state index contributed by atoms with van der Waals surface area (Å²) in [6, 6.07) is 15.1. The summed E-state index contributed by atoms with van der Waals surface area (Å²) >= 11 is 11.3. The maximum Gasteiger partial charge on any atom is 0.191 e. The van der Waals surface area contributed by atoms with E-state index in [1.54, 1.807) is 12.3 Å². The van der Waals surface area contributed by atoms with E-state index in [2.05, 4.69) is 15.8 Å². The lowest BCUT2D eigenvalue weighted by Crippen LogP contribution is -2.23. The Hall–Kier alpha value is -2.11. The average Bonchev–Trinajstić information content (AvgIpc) is 2.51. The Kier molecular flexibility index (Phi) is 6.18. The summed E-state index contributed by atoms with van der Waals surface area (Å²) in [7, 11) is 0. The van der Waals surface area contributed by atoms with Crippen LogP contribution in [-0.2, 0) is 0 Å². The van der Waals surface area contributed by atoms with Gasteiger partial charge in [-0.3, -0.25) is 5.43 Å². The zero-order chi connectivity index (χ0) is 15.8. The highest BCUT2D eigenvalue weighted by atomic mass is 35.5. The van der Waals surface area contributed by atoms with Gasteiger partial charge in [0.25, 0.3) is 0 Å². The van der Waals surface area contributed by atoms with Crippen LogP contribution in [0.1, 0.15) is 12.5 Å². The highest BCUT2D eigenvalue weighted by Crippen LogP contribution is 2.24. The van der Waals surface area contributed by atoms with Crippen molar-refractivity contribution < 1.29 is 4.74 Å². The van der Waals surface area contributed by atoms with E-state index in [4.69, 9.17) is 28.6 Å². The van der Waals surface area contributed by atoms with E-state index in [1.165, 1.54) is 0 Å². The molecule has 6 heteroatoms. The normalized spacial score (nSPS) is 10.5. The molecule has 0 heterocycles. The summed E-state index contributed by atoms with van der Waals surface area (Å²) in [5.41, 5.74) is 4.51. The van der Waals surface area contributed by atoms with Gasteiger partial charge in [-0.25, -0.2) is 0 Å². The Labute approximate surface area is 140 Å². The van der Waals surface area contributed by atoms with Gasteiger partial charge in [-0.15, -0.1) is 0 Å². The van der Waals surface area contributed by atoms with Crippen LogP contribution in [-0.4, -0.2) is 17.9 Å². The van der Waals surface area contributed by atoms with Crippen LogP contribution in [0.2, 0.25) is 5.02 Å². The van der Waals surface area contributed by atoms with Crippen molar-refractivity contribution in [1.29, 1.82) is 0 Å². The van der Waals surface area contributed by atoms with Crippen molar-refractivity contribution in [3.8, 4) is 5.75 Å². The van der Waals surface area contributed by atoms with Gasteiger partial charge in [0.2, 0.25) is 0 Å². The first kappa shape index (κ1) is 16.3. The first-order valence-corrected chi connectivity index (χ1v) is 7.55. The van der Waals surface area contributed by atoms with E-state index in [-0.39, 0.29) is 0 Å². The van der Waals surface area contributed by atoms with Gasteiger partial charge in [-0.1, -0.05) is 29.8 Å². The SMILES string of the molecule is CCOc1ccc(/C=N/NC(=S)Nc2ccccc2)cc1Cl. The van der Waals surface area contributed by atoms with E-state index in [1.807, 2.05) is 49.4 Å². The number of rotatable bonds is 5. The second kappa shape index (κ2) is 8.36. The highest BCUT2D eigenvalue weighted by Gasteiger charge is 2.01. The third-order valence-electron chi connectivity index (χ3n) is 2.67. The van der Waals surface area contributed by atoms with Crippen LogP contribution < -0.4 is 15.5 Å². The molecule has 2 rings (SSSR count). The number of hydrazone groups is 1. The van der Waals surface area contributed by atoms with Crippen LogP contribution in [0.4, 0.5) is 5.69 Å². The zero-order valence-corrected chi connectivity index (χ0v) is 13.6. The number of ether oxygens (including phenoxy) is 1. The predicted octanol–water partition coefficient (Wildman–Crippen LogP) is 4.06. The van der Waals surface area contributed by atoms with Crippen LogP contribution in [0.15, 0.2) is 53.6 Å². The number of thiocarbonyl (C=S) groups is 1. The Bertz CT molecular complexity index is 662. The molecule has 0 aromatic heterocycles. The Balaban J connectivity index is 1.89. The third-order valence-corrected chi connectivity index (χ3v) is 3.16. The lowest BCUT2D eigenvalue weighted by Gasteiger charge is -2.07. The maximum atomic E-state index is 6.11. The molecule has 0 fully saturated rings. The minimum Gasteiger partial charge on any atom is -0.492 e. The molecule has 114 valence electrons. The van der Waals surface area contributed by atoms with Crippen molar-refractivity contribution in [3.05, 3.63) is 59.1 Å². The van der Waals surface area contributed by atoms with Crippen molar-refractivity contribution in [2.45, 2.75) is 6.92 Å². The third kappa shape index (κ3) is 5.02. The standard InChI is InChI=1S/C16H16ClN3OS/c1-2-21-15-9-8-12(10-14(15)17)11-18-20-16(22)19-13-6-4-3-5-7-13/h3-11H,2H2,1H3,(H2,19,20,22)/b18-11+. The summed E-state index contributed by atoms with van der Waals surface area (Å²) in [6.45, 7) is 2.49. The number of para-hydroxylation sites is 1. The fraction of sp³-hybridized carbons (Fsp3) is 0.125. The number of nitrogens with zero attached hydrogens (tertiary/aromatic N) is 1. The van der Waals surface area contributed by atoms with Crippen LogP contribution in [0, 0.1) is 0 Å². The first-order chi connectivity index (χ1) is 10.7. The molecule has 0 aliphatic heterocycles. The van der Waals surface area contributed by atoms with Gasteiger partial charge < -0.3 is 10.1 Å². The fourth-order valence-corrected chi connectivity index (χ4v) is 2.13. The summed E-state index contributed by atoms with van der Waals surface area (Å²) in [5.74, 6) is 0.663. The van der Waals surface area contributed by atoms with Crippen molar-refractivity contribution in [1.82, 2.24) is 5.43 Å². The Morgan fingerprint density at radius 3 is 2.73 bits per heavy atom. The van der Waals surface area contributed by atoms with Crippen LogP contribution in [0.25, 0.3) is 0 Å².